The first kappa shape index (κ1) is 15.7. The van der Waals surface area contributed by atoms with Crippen LogP contribution in [-0.2, 0) is 6.42 Å². The van der Waals surface area contributed by atoms with Crippen molar-refractivity contribution in [3.8, 4) is 11.5 Å². The van der Waals surface area contributed by atoms with Crippen molar-refractivity contribution < 1.29 is 14.3 Å². The minimum absolute atomic E-state index is 0.0244. The van der Waals surface area contributed by atoms with Crippen LogP contribution in [0.4, 0.5) is 0 Å². The Morgan fingerprint density at radius 1 is 1.08 bits per heavy atom. The van der Waals surface area contributed by atoms with Gasteiger partial charge in [-0.25, -0.2) is 0 Å². The first-order valence-corrected chi connectivity index (χ1v) is 9.27. The number of nitrogens with one attached hydrogen (secondary N) is 1. The van der Waals surface area contributed by atoms with Gasteiger partial charge in [0.15, 0.2) is 11.5 Å². The molecule has 24 heavy (non-hydrogen) atoms. The molecule has 1 aliphatic heterocycles. The number of ether oxygens (including phenoxy) is 2. The molecule has 1 heterocycles. The predicted molar refractivity (Wildman–Crippen MR) is 99.7 cm³/mol. The van der Waals surface area contributed by atoms with E-state index < -0.39 is 0 Å². The highest BCUT2D eigenvalue weighted by Gasteiger charge is 2.25. The molecule has 0 bridgehead atoms. The zero-order chi connectivity index (χ0) is 16.5. The highest BCUT2D eigenvalue weighted by Crippen LogP contribution is 2.39. The van der Waals surface area contributed by atoms with Gasteiger partial charge in [-0.15, -0.1) is 0 Å². The topological polar surface area (TPSA) is 47.6 Å². The molecule has 2 aliphatic rings. The molecule has 1 amide bonds. The summed E-state index contributed by atoms with van der Waals surface area (Å²) in [5.74, 6) is 1.58. The molecule has 5 heteroatoms. The third-order valence-corrected chi connectivity index (χ3v) is 5.25. The minimum atomic E-state index is -0.0286. The van der Waals surface area contributed by atoms with E-state index in [4.69, 9.17) is 9.47 Å². The van der Waals surface area contributed by atoms with Crippen LogP contribution in [0.25, 0.3) is 0 Å². The molecule has 1 aliphatic carbocycles. The van der Waals surface area contributed by atoms with Crippen LogP contribution >= 0.6 is 22.6 Å². The number of hydrogen-bond donors (Lipinski definition) is 1. The number of benzene rings is 2. The molecule has 4 rings (SSSR count). The average Bonchev–Trinajstić information content (AvgIpc) is 2.61. The molecule has 2 aromatic rings. The summed E-state index contributed by atoms with van der Waals surface area (Å²) in [6, 6.07) is 11.8. The molecule has 0 aromatic heterocycles. The number of aryl methyl sites for hydroxylation is 1. The number of halogens is 1. The maximum Gasteiger partial charge on any atom is 0.251 e. The Morgan fingerprint density at radius 3 is 2.54 bits per heavy atom. The van der Waals surface area contributed by atoms with Crippen molar-refractivity contribution in [2.24, 2.45) is 0 Å². The van der Waals surface area contributed by atoms with E-state index in [1.54, 1.807) is 0 Å². The summed E-state index contributed by atoms with van der Waals surface area (Å²) < 4.78 is 12.5. The van der Waals surface area contributed by atoms with Crippen molar-refractivity contribution in [1.82, 2.24) is 5.32 Å². The zero-order valence-corrected chi connectivity index (χ0v) is 15.3. The minimum Gasteiger partial charge on any atom is -0.486 e. The third-order valence-electron chi connectivity index (χ3n) is 4.53. The van der Waals surface area contributed by atoms with Gasteiger partial charge in [-0.1, -0.05) is 0 Å². The van der Waals surface area contributed by atoms with Gasteiger partial charge in [-0.3, -0.25) is 4.79 Å². The molecule has 0 saturated carbocycles. The smallest absolute Gasteiger partial charge is 0.251 e. The van der Waals surface area contributed by atoms with E-state index in [-0.39, 0.29) is 11.9 Å². The van der Waals surface area contributed by atoms with Crippen LogP contribution in [0.2, 0.25) is 0 Å². The maximum absolute atomic E-state index is 12.6. The van der Waals surface area contributed by atoms with Gasteiger partial charge >= 0.3 is 0 Å². The van der Waals surface area contributed by atoms with E-state index in [1.165, 1.54) is 5.56 Å². The van der Waals surface area contributed by atoms with Crippen LogP contribution in [0, 0.1) is 3.57 Å². The van der Waals surface area contributed by atoms with E-state index in [1.807, 2.05) is 30.3 Å². The lowest BCUT2D eigenvalue weighted by molar-refractivity contribution is 0.0932. The van der Waals surface area contributed by atoms with Crippen molar-refractivity contribution in [1.29, 1.82) is 0 Å². The molecular formula is C19H18INO3. The van der Waals surface area contributed by atoms with Crippen molar-refractivity contribution in [2.75, 3.05) is 13.2 Å². The van der Waals surface area contributed by atoms with Crippen molar-refractivity contribution in [3.63, 3.8) is 0 Å². The number of amides is 1. The van der Waals surface area contributed by atoms with Gasteiger partial charge in [-0.2, -0.15) is 0 Å². The lowest BCUT2D eigenvalue weighted by Crippen LogP contribution is -2.31. The zero-order valence-electron chi connectivity index (χ0n) is 13.2. The van der Waals surface area contributed by atoms with Crippen LogP contribution in [0.3, 0.4) is 0 Å². The molecule has 1 unspecified atom stereocenters. The Bertz CT molecular complexity index is 773. The molecule has 0 fully saturated rings. The fraction of sp³-hybridized carbons (Fsp3) is 0.316. The van der Waals surface area contributed by atoms with Crippen molar-refractivity contribution in [3.05, 3.63) is 56.7 Å². The van der Waals surface area contributed by atoms with Gasteiger partial charge in [0.2, 0.25) is 0 Å². The first-order chi connectivity index (χ1) is 11.7. The Labute approximate surface area is 154 Å². The molecule has 2 aromatic carbocycles. The second-order valence-corrected chi connectivity index (χ2v) is 7.37. The highest BCUT2D eigenvalue weighted by molar-refractivity contribution is 14.1. The van der Waals surface area contributed by atoms with Gasteiger partial charge in [0.1, 0.15) is 13.2 Å². The van der Waals surface area contributed by atoms with Crippen LogP contribution < -0.4 is 14.8 Å². The number of fused-ring (bicyclic) bond motifs is 2. The Balaban J connectivity index is 1.59. The summed E-state index contributed by atoms with van der Waals surface area (Å²) in [7, 11) is 0. The fourth-order valence-corrected chi connectivity index (χ4v) is 3.69. The van der Waals surface area contributed by atoms with Crippen LogP contribution in [-0.4, -0.2) is 19.1 Å². The van der Waals surface area contributed by atoms with Gasteiger partial charge in [0.25, 0.3) is 5.91 Å². The molecule has 1 atom stereocenters. The fourth-order valence-electron chi connectivity index (χ4n) is 3.33. The monoisotopic (exact) mass is 435 g/mol. The number of carbonyl (C=O) groups excluding carboxylic acids is 1. The highest BCUT2D eigenvalue weighted by atomic mass is 127. The molecular weight excluding hydrogens is 417 g/mol. The van der Waals surface area contributed by atoms with Gasteiger partial charge < -0.3 is 14.8 Å². The average molecular weight is 435 g/mol. The van der Waals surface area contributed by atoms with E-state index in [2.05, 4.69) is 34.0 Å². The van der Waals surface area contributed by atoms with Crippen molar-refractivity contribution in [2.45, 2.75) is 25.3 Å². The maximum atomic E-state index is 12.6. The Morgan fingerprint density at radius 2 is 1.79 bits per heavy atom. The summed E-state index contributed by atoms with van der Waals surface area (Å²) in [5, 5.41) is 3.18. The number of carbonyl (C=O) groups is 1. The second kappa shape index (κ2) is 6.63. The van der Waals surface area contributed by atoms with E-state index >= 15 is 0 Å². The lowest BCUT2D eigenvalue weighted by atomic mass is 9.87. The standard InChI is InChI=1S/C19H18INO3/c20-14-6-4-12(5-7-14)19(22)21-16-3-1-2-13-10-17-18(11-15(13)16)24-9-8-23-17/h4-7,10-11,16H,1-3,8-9H2,(H,21,22). The number of rotatable bonds is 2. The predicted octanol–water partition coefficient (Wildman–Crippen LogP) is 3.87. The SMILES string of the molecule is O=C(NC1CCCc2cc3c(cc21)OCCO3)c1ccc(I)cc1. The Hall–Kier alpha value is -1.76. The van der Waals surface area contributed by atoms with Gasteiger partial charge in [0, 0.05) is 9.13 Å². The molecule has 0 radical (unpaired) electrons. The Kier molecular flexibility index (Phi) is 4.35. The summed E-state index contributed by atoms with van der Waals surface area (Å²) in [6.07, 6.45) is 3.02. The summed E-state index contributed by atoms with van der Waals surface area (Å²) >= 11 is 2.24. The van der Waals surface area contributed by atoms with E-state index in [0.29, 0.717) is 18.8 Å². The van der Waals surface area contributed by atoms with Crippen molar-refractivity contribution >= 4 is 28.5 Å². The summed E-state index contributed by atoms with van der Waals surface area (Å²) in [6.45, 7) is 1.17. The van der Waals surface area contributed by atoms with E-state index in [9.17, 15) is 4.79 Å². The van der Waals surface area contributed by atoms with Crippen LogP contribution in [0.5, 0.6) is 11.5 Å². The molecule has 0 spiro atoms. The number of hydrogen-bond acceptors (Lipinski definition) is 3. The lowest BCUT2D eigenvalue weighted by Gasteiger charge is -2.29. The third kappa shape index (κ3) is 3.09. The van der Waals surface area contributed by atoms with Crippen LogP contribution in [0.1, 0.15) is 40.4 Å². The second-order valence-electron chi connectivity index (χ2n) is 6.12. The molecule has 124 valence electrons. The van der Waals surface area contributed by atoms with Gasteiger partial charge in [-0.05, 0) is 89.4 Å². The normalized spacial score (nSPS) is 18.6. The summed E-state index contributed by atoms with van der Waals surface area (Å²) in [4.78, 5) is 12.6. The quantitative estimate of drug-likeness (QED) is 0.729. The summed E-state index contributed by atoms with van der Waals surface area (Å²) in [5.41, 5.74) is 3.10. The van der Waals surface area contributed by atoms with E-state index in [0.717, 1.165) is 39.9 Å². The molecule has 1 N–H and O–H groups in total. The largest absolute Gasteiger partial charge is 0.486 e. The van der Waals surface area contributed by atoms with Crippen LogP contribution in [0.15, 0.2) is 36.4 Å². The first-order valence-electron chi connectivity index (χ1n) is 8.19. The molecule has 0 saturated heterocycles. The van der Waals surface area contributed by atoms with Gasteiger partial charge in [0.05, 0.1) is 6.04 Å². The molecule has 4 nitrogen and oxygen atoms in total.